The molecule has 1 aliphatic rings. The van der Waals surface area contributed by atoms with Crippen LogP contribution in [0.25, 0.3) is 0 Å². The summed E-state index contributed by atoms with van der Waals surface area (Å²) in [5.74, 6) is 0. The van der Waals surface area contributed by atoms with Gasteiger partial charge in [0, 0.05) is 0 Å². The molecule has 0 aliphatic carbocycles. The number of aliphatic hydroxyl groups excluding tert-OH is 4. The van der Waals surface area contributed by atoms with Crippen molar-refractivity contribution in [2.45, 2.75) is 95.6 Å². The third-order valence-electron chi connectivity index (χ3n) is 4.26. The second-order valence-corrected chi connectivity index (χ2v) is 6.07. The molecule has 0 aromatic heterocycles. The van der Waals surface area contributed by atoms with Crippen LogP contribution < -0.4 is 0 Å². The molecule has 132 valence electrons. The maximum atomic E-state index is 9.97. The quantitative estimate of drug-likeness (QED) is 0.447. The third kappa shape index (κ3) is 5.76. The van der Waals surface area contributed by atoms with Gasteiger partial charge in [-0.2, -0.15) is 0 Å². The third-order valence-corrected chi connectivity index (χ3v) is 4.26. The molecule has 0 aromatic rings. The van der Waals surface area contributed by atoms with Crippen molar-refractivity contribution < 1.29 is 29.9 Å². The van der Waals surface area contributed by atoms with Crippen LogP contribution in [-0.2, 0) is 9.47 Å². The summed E-state index contributed by atoms with van der Waals surface area (Å²) < 4.78 is 11.1. The van der Waals surface area contributed by atoms with Crippen molar-refractivity contribution in [2.24, 2.45) is 0 Å². The molecule has 6 atom stereocenters. The Balaban J connectivity index is 2.43. The van der Waals surface area contributed by atoms with Crippen LogP contribution >= 0.6 is 0 Å². The number of ether oxygens (including phenoxy) is 2. The van der Waals surface area contributed by atoms with Crippen molar-refractivity contribution >= 4 is 0 Å². The summed E-state index contributed by atoms with van der Waals surface area (Å²) in [6.45, 7) is 3.75. The van der Waals surface area contributed by atoms with Crippen molar-refractivity contribution in [1.29, 1.82) is 0 Å². The highest BCUT2D eigenvalue weighted by molar-refractivity contribution is 4.89. The molecule has 0 radical (unpaired) electrons. The van der Waals surface area contributed by atoms with Crippen LogP contribution in [0.3, 0.4) is 0 Å². The summed E-state index contributed by atoms with van der Waals surface area (Å²) in [5.41, 5.74) is 0. The molecule has 1 heterocycles. The molecule has 0 bridgehead atoms. The second-order valence-electron chi connectivity index (χ2n) is 6.07. The average Bonchev–Trinajstić information content (AvgIpc) is 2.53. The molecule has 6 heteroatoms. The fraction of sp³-hybridized carbons (Fsp3) is 1.00. The molecule has 0 amide bonds. The zero-order valence-corrected chi connectivity index (χ0v) is 13.7. The molecule has 22 heavy (non-hydrogen) atoms. The first-order chi connectivity index (χ1) is 10.5. The van der Waals surface area contributed by atoms with Crippen LogP contribution in [-0.4, -0.2) is 63.8 Å². The van der Waals surface area contributed by atoms with Crippen LogP contribution in [0.15, 0.2) is 0 Å². The number of unbranched alkanes of at least 4 members (excludes halogenated alkanes) is 4. The number of hydrogen-bond acceptors (Lipinski definition) is 6. The van der Waals surface area contributed by atoms with Gasteiger partial charge in [0.1, 0.15) is 24.4 Å². The highest BCUT2D eigenvalue weighted by Gasteiger charge is 2.44. The smallest absolute Gasteiger partial charge is 0.186 e. The number of aliphatic hydroxyl groups is 4. The van der Waals surface area contributed by atoms with Gasteiger partial charge in [0.25, 0.3) is 0 Å². The average molecular weight is 320 g/mol. The van der Waals surface area contributed by atoms with E-state index in [1.165, 1.54) is 19.3 Å². The highest BCUT2D eigenvalue weighted by atomic mass is 16.7. The maximum absolute atomic E-state index is 9.97. The molecule has 1 rings (SSSR count). The van der Waals surface area contributed by atoms with Crippen molar-refractivity contribution in [3.63, 3.8) is 0 Å². The van der Waals surface area contributed by atoms with Gasteiger partial charge < -0.3 is 29.9 Å². The van der Waals surface area contributed by atoms with E-state index in [9.17, 15) is 15.3 Å². The summed E-state index contributed by atoms with van der Waals surface area (Å²) in [5, 5.41) is 38.6. The van der Waals surface area contributed by atoms with Gasteiger partial charge >= 0.3 is 0 Å². The summed E-state index contributed by atoms with van der Waals surface area (Å²) in [4.78, 5) is 0. The molecule has 1 saturated heterocycles. The summed E-state index contributed by atoms with van der Waals surface area (Å²) >= 11 is 0. The molecule has 4 N–H and O–H groups in total. The monoisotopic (exact) mass is 320 g/mol. The Hall–Kier alpha value is -0.240. The Bertz CT molecular complexity index is 286. The lowest BCUT2D eigenvalue weighted by atomic mass is 9.99. The minimum absolute atomic E-state index is 0.0666. The van der Waals surface area contributed by atoms with Crippen molar-refractivity contribution in [3.05, 3.63) is 0 Å². The molecule has 0 aromatic carbocycles. The fourth-order valence-corrected chi connectivity index (χ4v) is 2.71. The SMILES string of the molecule is CCCCCCCC(CC)OC1O[C@H](CO)[C@@H](O)[C@H](O)[C@H]1O. The van der Waals surface area contributed by atoms with E-state index >= 15 is 0 Å². The van der Waals surface area contributed by atoms with Gasteiger partial charge in [-0.25, -0.2) is 0 Å². The Morgan fingerprint density at radius 1 is 0.955 bits per heavy atom. The van der Waals surface area contributed by atoms with E-state index in [1.807, 2.05) is 6.92 Å². The predicted octanol–water partition coefficient (Wildman–Crippen LogP) is 0.942. The zero-order chi connectivity index (χ0) is 16.5. The van der Waals surface area contributed by atoms with E-state index in [2.05, 4.69) is 6.92 Å². The minimum Gasteiger partial charge on any atom is -0.394 e. The lowest BCUT2D eigenvalue weighted by Gasteiger charge is -2.40. The Morgan fingerprint density at radius 2 is 1.64 bits per heavy atom. The van der Waals surface area contributed by atoms with E-state index in [0.717, 1.165) is 25.7 Å². The van der Waals surface area contributed by atoms with Crippen molar-refractivity contribution in [2.75, 3.05) is 6.61 Å². The van der Waals surface area contributed by atoms with Gasteiger partial charge in [0.2, 0.25) is 0 Å². The topological polar surface area (TPSA) is 99.4 Å². The molecular weight excluding hydrogens is 288 g/mol. The molecule has 0 spiro atoms. The highest BCUT2D eigenvalue weighted by Crippen LogP contribution is 2.24. The normalized spacial score (nSPS) is 33.8. The second kappa shape index (κ2) is 10.5. The van der Waals surface area contributed by atoms with E-state index < -0.39 is 37.3 Å². The van der Waals surface area contributed by atoms with Crippen LogP contribution in [0.2, 0.25) is 0 Å². The molecule has 1 fully saturated rings. The van der Waals surface area contributed by atoms with E-state index in [-0.39, 0.29) is 6.10 Å². The first-order valence-electron chi connectivity index (χ1n) is 8.51. The van der Waals surface area contributed by atoms with Gasteiger partial charge in [-0.3, -0.25) is 0 Å². The summed E-state index contributed by atoms with van der Waals surface area (Å²) in [6, 6.07) is 0. The first kappa shape index (κ1) is 19.8. The minimum atomic E-state index is -1.38. The molecule has 2 unspecified atom stereocenters. The lowest BCUT2D eigenvalue weighted by molar-refractivity contribution is -0.311. The summed E-state index contributed by atoms with van der Waals surface area (Å²) in [6.07, 6.45) is 1.50. The van der Waals surface area contributed by atoms with E-state index in [0.29, 0.717) is 0 Å². The van der Waals surface area contributed by atoms with Gasteiger partial charge in [0.05, 0.1) is 12.7 Å². The zero-order valence-electron chi connectivity index (χ0n) is 13.7. The number of rotatable bonds is 10. The van der Waals surface area contributed by atoms with Crippen LogP contribution in [0.5, 0.6) is 0 Å². The van der Waals surface area contributed by atoms with Gasteiger partial charge in [-0.1, -0.05) is 46.0 Å². The van der Waals surface area contributed by atoms with E-state index in [4.69, 9.17) is 14.6 Å². The number of hydrogen-bond donors (Lipinski definition) is 4. The Kier molecular flexibility index (Phi) is 9.47. The molecule has 0 saturated carbocycles. The van der Waals surface area contributed by atoms with Gasteiger partial charge in [0.15, 0.2) is 6.29 Å². The molecule has 1 aliphatic heterocycles. The van der Waals surface area contributed by atoms with Crippen LogP contribution in [0.4, 0.5) is 0 Å². The van der Waals surface area contributed by atoms with Crippen molar-refractivity contribution in [3.8, 4) is 0 Å². The van der Waals surface area contributed by atoms with E-state index in [1.54, 1.807) is 0 Å². The standard InChI is InChI=1S/C16H32O6/c1-3-5-6-7-8-9-11(4-2)21-16-15(20)14(19)13(18)12(10-17)22-16/h11-20H,3-10H2,1-2H3/t11?,12-,13-,14+,15-,16?/m1/s1. The predicted molar refractivity (Wildman–Crippen MR) is 82.3 cm³/mol. The molecule has 6 nitrogen and oxygen atoms in total. The fourth-order valence-electron chi connectivity index (χ4n) is 2.71. The van der Waals surface area contributed by atoms with Crippen LogP contribution in [0.1, 0.15) is 58.8 Å². The van der Waals surface area contributed by atoms with Crippen LogP contribution in [0, 0.1) is 0 Å². The Morgan fingerprint density at radius 3 is 2.23 bits per heavy atom. The summed E-state index contributed by atoms with van der Waals surface area (Å²) in [7, 11) is 0. The van der Waals surface area contributed by atoms with Gasteiger partial charge in [-0.05, 0) is 12.8 Å². The largest absolute Gasteiger partial charge is 0.394 e. The van der Waals surface area contributed by atoms with Gasteiger partial charge in [-0.15, -0.1) is 0 Å². The Labute approximate surface area is 133 Å². The maximum Gasteiger partial charge on any atom is 0.186 e. The first-order valence-corrected chi connectivity index (χ1v) is 8.51. The molecular formula is C16H32O6. The lowest BCUT2D eigenvalue weighted by Crippen LogP contribution is -2.59. The van der Waals surface area contributed by atoms with Crippen molar-refractivity contribution in [1.82, 2.24) is 0 Å².